The molecular weight excluding hydrogens is 370 g/mol. The molecule has 152 valence electrons. The third-order valence-corrected chi connectivity index (χ3v) is 4.71. The summed E-state index contributed by atoms with van der Waals surface area (Å²) in [6, 6.07) is 13.5. The summed E-state index contributed by atoms with van der Waals surface area (Å²) in [6.07, 6.45) is 0.155. The average molecular weight is 395 g/mol. The second kappa shape index (κ2) is 8.39. The maximum atomic E-state index is 13.0. The van der Waals surface area contributed by atoms with Gasteiger partial charge >= 0.3 is 0 Å². The van der Waals surface area contributed by atoms with Crippen LogP contribution in [0.1, 0.15) is 38.8 Å². The summed E-state index contributed by atoms with van der Waals surface area (Å²) in [5.74, 6) is -0.206. The first kappa shape index (κ1) is 20.5. The van der Waals surface area contributed by atoms with Gasteiger partial charge in [0.1, 0.15) is 11.5 Å². The van der Waals surface area contributed by atoms with Gasteiger partial charge in [-0.15, -0.1) is 0 Å². The summed E-state index contributed by atoms with van der Waals surface area (Å²) in [4.78, 5) is 27.1. The zero-order valence-electron chi connectivity index (χ0n) is 17.0. The van der Waals surface area contributed by atoms with Crippen LogP contribution in [0.3, 0.4) is 0 Å². The molecule has 6 nitrogen and oxygen atoms in total. The van der Waals surface area contributed by atoms with Crippen molar-refractivity contribution in [3.8, 4) is 11.5 Å². The molecule has 1 unspecified atom stereocenters. The van der Waals surface area contributed by atoms with Gasteiger partial charge in [-0.1, -0.05) is 25.1 Å². The summed E-state index contributed by atoms with van der Waals surface area (Å²) in [5.41, 5.74) is 1.31. The number of hydrogen-bond acceptors (Lipinski definition) is 5. The lowest BCUT2D eigenvalue weighted by atomic mass is 9.94. The molecule has 1 heterocycles. The van der Waals surface area contributed by atoms with E-state index in [4.69, 9.17) is 9.47 Å². The van der Waals surface area contributed by atoms with Gasteiger partial charge in [0.25, 0.3) is 5.91 Å². The number of Topliss-reactive ketones (excluding diaryl/α,β-unsaturated/α-hetero) is 1. The highest BCUT2D eigenvalue weighted by molar-refractivity contribution is 6.16. The summed E-state index contributed by atoms with van der Waals surface area (Å²) in [5, 5.41) is 10.6. The maximum Gasteiger partial charge on any atom is 0.294 e. The number of carbonyl (C=O) groups excluding carboxylic acids is 2. The Hall–Kier alpha value is -3.28. The Kier molecular flexibility index (Phi) is 5.92. The van der Waals surface area contributed by atoms with Crippen LogP contribution in [0.2, 0.25) is 0 Å². The third-order valence-electron chi connectivity index (χ3n) is 4.71. The number of methoxy groups -OCH3 is 1. The van der Waals surface area contributed by atoms with Gasteiger partial charge in [0.05, 0.1) is 24.8 Å². The monoisotopic (exact) mass is 395 g/mol. The molecule has 0 fully saturated rings. The highest BCUT2D eigenvalue weighted by Crippen LogP contribution is 2.42. The van der Waals surface area contributed by atoms with Gasteiger partial charge in [0.2, 0.25) is 0 Å². The summed E-state index contributed by atoms with van der Waals surface area (Å²) >= 11 is 0. The largest absolute Gasteiger partial charge is 0.503 e. The number of carbonyl (C=O) groups is 2. The molecule has 1 atom stereocenters. The number of ether oxygens (including phenoxy) is 2. The number of rotatable bonds is 7. The molecule has 1 aliphatic heterocycles. The lowest BCUT2D eigenvalue weighted by Gasteiger charge is -2.27. The number of benzene rings is 2. The lowest BCUT2D eigenvalue weighted by Crippen LogP contribution is -2.31. The number of amides is 1. The zero-order valence-corrected chi connectivity index (χ0v) is 17.0. The van der Waals surface area contributed by atoms with Gasteiger partial charge in [-0.2, -0.15) is 0 Å². The molecule has 6 heteroatoms. The van der Waals surface area contributed by atoms with Crippen molar-refractivity contribution >= 4 is 17.4 Å². The van der Waals surface area contributed by atoms with E-state index < -0.39 is 17.7 Å². The quantitative estimate of drug-likeness (QED) is 0.754. The molecular formula is C23H25NO5. The van der Waals surface area contributed by atoms with E-state index in [2.05, 4.69) is 0 Å². The van der Waals surface area contributed by atoms with Crippen LogP contribution in [0, 0.1) is 0 Å². The fourth-order valence-electron chi connectivity index (χ4n) is 3.45. The number of ketones is 1. The fourth-order valence-corrected chi connectivity index (χ4v) is 3.45. The first-order valence-electron chi connectivity index (χ1n) is 9.57. The Morgan fingerprint density at radius 1 is 1.14 bits per heavy atom. The van der Waals surface area contributed by atoms with Crippen LogP contribution in [-0.4, -0.2) is 30.0 Å². The van der Waals surface area contributed by atoms with Crippen molar-refractivity contribution in [1.82, 2.24) is 0 Å². The first-order valence-corrected chi connectivity index (χ1v) is 9.57. The highest BCUT2D eigenvalue weighted by atomic mass is 16.5. The molecule has 0 saturated carbocycles. The minimum atomic E-state index is -0.752. The van der Waals surface area contributed by atoms with E-state index in [0.717, 1.165) is 0 Å². The van der Waals surface area contributed by atoms with E-state index in [1.807, 2.05) is 32.0 Å². The number of aliphatic hydroxyl groups excluding tert-OH is 1. The molecule has 2 aromatic carbocycles. The van der Waals surface area contributed by atoms with Gasteiger partial charge in [-0.3, -0.25) is 14.5 Å². The SMILES string of the molecule is CCC(=O)C1=C(O)C(=O)N(c2cccc(OC)c2)C1c1cccc(OC(C)C)c1. The summed E-state index contributed by atoms with van der Waals surface area (Å²) in [6.45, 7) is 5.55. The molecule has 2 aromatic rings. The van der Waals surface area contributed by atoms with Crippen molar-refractivity contribution in [2.45, 2.75) is 39.3 Å². The number of nitrogens with zero attached hydrogens (tertiary/aromatic N) is 1. The molecule has 0 aliphatic carbocycles. The first-order chi connectivity index (χ1) is 13.9. The second-order valence-electron chi connectivity index (χ2n) is 7.06. The predicted molar refractivity (Wildman–Crippen MR) is 110 cm³/mol. The van der Waals surface area contributed by atoms with Gasteiger partial charge in [-0.25, -0.2) is 0 Å². The van der Waals surface area contributed by atoms with Gasteiger partial charge in [0.15, 0.2) is 11.5 Å². The van der Waals surface area contributed by atoms with Gasteiger partial charge in [0, 0.05) is 18.2 Å². The van der Waals surface area contributed by atoms with Crippen molar-refractivity contribution in [1.29, 1.82) is 0 Å². The Bertz CT molecular complexity index is 963. The van der Waals surface area contributed by atoms with Crippen LogP contribution >= 0.6 is 0 Å². The molecule has 1 N–H and O–H groups in total. The fraction of sp³-hybridized carbons (Fsp3) is 0.304. The van der Waals surface area contributed by atoms with E-state index in [-0.39, 0.29) is 23.9 Å². The third kappa shape index (κ3) is 3.97. The number of hydrogen-bond donors (Lipinski definition) is 1. The molecule has 0 radical (unpaired) electrons. The molecule has 1 aliphatic rings. The zero-order chi connectivity index (χ0) is 21.1. The molecule has 0 aromatic heterocycles. The van der Waals surface area contributed by atoms with Crippen molar-refractivity contribution in [2.24, 2.45) is 0 Å². The molecule has 1 amide bonds. The summed E-state index contributed by atoms with van der Waals surface area (Å²) in [7, 11) is 1.54. The van der Waals surface area contributed by atoms with Crippen LogP contribution < -0.4 is 14.4 Å². The molecule has 3 rings (SSSR count). The molecule has 0 bridgehead atoms. The lowest BCUT2D eigenvalue weighted by molar-refractivity contribution is -0.118. The number of anilines is 1. The van der Waals surface area contributed by atoms with Crippen molar-refractivity contribution in [2.75, 3.05) is 12.0 Å². The van der Waals surface area contributed by atoms with E-state index in [1.165, 1.54) is 12.0 Å². The molecule has 0 spiro atoms. The van der Waals surface area contributed by atoms with E-state index in [1.54, 1.807) is 37.3 Å². The predicted octanol–water partition coefficient (Wildman–Crippen LogP) is 4.36. The second-order valence-corrected chi connectivity index (χ2v) is 7.06. The Morgan fingerprint density at radius 3 is 2.48 bits per heavy atom. The summed E-state index contributed by atoms with van der Waals surface area (Å²) < 4.78 is 11.1. The minimum absolute atomic E-state index is 0.0226. The average Bonchev–Trinajstić information content (AvgIpc) is 2.98. The van der Waals surface area contributed by atoms with Crippen LogP contribution in [0.25, 0.3) is 0 Å². The van der Waals surface area contributed by atoms with Crippen molar-refractivity contribution < 1.29 is 24.2 Å². The Balaban J connectivity index is 2.15. The van der Waals surface area contributed by atoms with E-state index in [9.17, 15) is 14.7 Å². The van der Waals surface area contributed by atoms with Gasteiger partial charge in [-0.05, 0) is 43.7 Å². The van der Waals surface area contributed by atoms with E-state index in [0.29, 0.717) is 22.7 Å². The van der Waals surface area contributed by atoms with Crippen molar-refractivity contribution in [3.05, 3.63) is 65.4 Å². The van der Waals surface area contributed by atoms with Crippen LogP contribution in [0.15, 0.2) is 59.9 Å². The molecule has 29 heavy (non-hydrogen) atoms. The highest BCUT2D eigenvalue weighted by Gasteiger charge is 2.44. The topological polar surface area (TPSA) is 76.1 Å². The van der Waals surface area contributed by atoms with Crippen LogP contribution in [0.4, 0.5) is 5.69 Å². The Labute approximate surface area is 170 Å². The van der Waals surface area contributed by atoms with E-state index >= 15 is 0 Å². The van der Waals surface area contributed by atoms with Crippen LogP contribution in [-0.2, 0) is 9.59 Å². The standard InChI is InChI=1S/C23H25NO5/c1-5-19(25)20-21(15-8-6-11-18(12-15)29-14(2)3)24(23(27)22(20)26)16-9-7-10-17(13-16)28-4/h6-14,21,26H,5H2,1-4H3. The van der Waals surface area contributed by atoms with Crippen molar-refractivity contribution in [3.63, 3.8) is 0 Å². The molecule has 0 saturated heterocycles. The van der Waals surface area contributed by atoms with Crippen LogP contribution in [0.5, 0.6) is 11.5 Å². The normalized spacial score (nSPS) is 16.5. The minimum Gasteiger partial charge on any atom is -0.503 e. The smallest absolute Gasteiger partial charge is 0.294 e. The maximum absolute atomic E-state index is 13.0. The number of aliphatic hydroxyl groups is 1. The van der Waals surface area contributed by atoms with Gasteiger partial charge < -0.3 is 14.6 Å². The Morgan fingerprint density at radius 2 is 1.83 bits per heavy atom.